The van der Waals surface area contributed by atoms with Crippen LogP contribution in [0.3, 0.4) is 0 Å². The first kappa shape index (κ1) is 44.6. The second-order valence-corrected chi connectivity index (χ2v) is 10.6. The molecule has 0 unspecified atom stereocenters. The van der Waals surface area contributed by atoms with E-state index in [1.54, 1.807) is 0 Å². The molecule has 2 aromatic heterocycles. The van der Waals surface area contributed by atoms with Crippen molar-refractivity contribution in [2.75, 3.05) is 7.05 Å². The van der Waals surface area contributed by atoms with E-state index in [0.29, 0.717) is 11.3 Å². The largest absolute Gasteiger partial charge is 1.00 e. The maximum atomic E-state index is 12.3. The first-order valence-corrected chi connectivity index (χ1v) is 14.9. The Labute approximate surface area is 414 Å². The van der Waals surface area contributed by atoms with Gasteiger partial charge in [0, 0.05) is 58.0 Å². The number of Topliss-reactive ketones (excluding diaryl/α,β-unsaturated/α-hetero) is 1. The van der Waals surface area contributed by atoms with Crippen LogP contribution in [-0.4, -0.2) is 38.5 Å². The number of aromatic hydroxyl groups is 1. The number of phenols is 1. The summed E-state index contributed by atoms with van der Waals surface area (Å²) in [5.41, 5.74) is 6.87. The Hall–Kier alpha value is -2.60. The Morgan fingerprint density at radius 2 is 1.31 bits per heavy atom. The molecule has 2 heterocycles. The number of phenolic OH excluding ortho intramolecular Hbond substituents is 1. The third-order valence-corrected chi connectivity index (χ3v) is 7.37. The molecule has 1 N–H and O–H groups in total. The number of aryl methyl sites for hydroxylation is 2. The second-order valence-electron chi connectivity index (χ2n) is 10.6. The van der Waals surface area contributed by atoms with Crippen LogP contribution in [0.2, 0.25) is 0 Å². The van der Waals surface area contributed by atoms with Gasteiger partial charge < -0.3 is 25.8 Å². The summed E-state index contributed by atoms with van der Waals surface area (Å²) in [6.45, 7) is -0.181. The summed E-state index contributed by atoms with van der Waals surface area (Å²) in [7, 11) is 4.86. The molecule has 0 aliphatic carbocycles. The molecule has 0 atom stereocenters. The van der Waals surface area contributed by atoms with Crippen molar-refractivity contribution < 1.29 is 169 Å². The van der Waals surface area contributed by atoms with E-state index in [1.165, 1.54) is 0 Å². The molecule has 5 aromatic carbocycles. The van der Waals surface area contributed by atoms with E-state index in [1.807, 2.05) is 116 Å². The number of ketones is 1. The van der Waals surface area contributed by atoms with E-state index in [0.717, 1.165) is 56.4 Å². The van der Waals surface area contributed by atoms with Crippen LogP contribution in [0.5, 0.6) is 5.75 Å². The van der Waals surface area contributed by atoms with Gasteiger partial charge in [-0.3, -0.25) is 19.7 Å². The molecule has 0 saturated carbocycles. The number of fused-ring (bicyclic) bond motifs is 4. The smallest absolute Gasteiger partial charge is 1.00 e. The van der Waals surface area contributed by atoms with E-state index in [9.17, 15) is 9.90 Å². The molecule has 0 aliphatic rings. The Morgan fingerprint density at radius 3 is 1.90 bits per heavy atom. The first-order chi connectivity index (χ1) is 23.7. The van der Waals surface area contributed by atoms with E-state index in [-0.39, 0.29) is 151 Å². The van der Waals surface area contributed by atoms with Gasteiger partial charge in [-0.15, -0.1) is 0 Å². The summed E-state index contributed by atoms with van der Waals surface area (Å²) in [6.07, 6.45) is 1.84. The molecule has 12 heteroatoms. The number of rotatable bonds is 3. The molecule has 0 spiro atoms. The zero-order chi connectivity index (χ0) is 35.3. The van der Waals surface area contributed by atoms with Gasteiger partial charge >= 0.3 is 138 Å². The maximum absolute atomic E-state index is 12.3. The molecular weight excluding hydrogens is 888 g/mol. The van der Waals surface area contributed by atoms with Gasteiger partial charge in [-0.25, -0.2) is 0 Å². The van der Waals surface area contributed by atoms with Crippen LogP contribution in [0.25, 0.3) is 43.8 Å². The molecule has 10 nitrogen and oxygen atoms in total. The summed E-state index contributed by atoms with van der Waals surface area (Å²) < 4.78 is 4.09. The molecule has 0 aliphatic heterocycles. The Balaban J connectivity index is 0.000000413. The summed E-state index contributed by atoms with van der Waals surface area (Å²) in [5.74, 6) is 5.82. The molecule has 7 aromatic rings. The van der Waals surface area contributed by atoms with Crippen LogP contribution in [0.4, 0.5) is 0 Å². The average Bonchev–Trinajstić information content (AvgIpc) is 3.62. The minimum atomic E-state index is -0.500. The fourth-order valence-corrected chi connectivity index (χ4v) is 5.30. The summed E-state index contributed by atoms with van der Waals surface area (Å²) in [5, 5.41) is 30.7. The van der Waals surface area contributed by atoms with Gasteiger partial charge in [0.25, 0.3) is 6.47 Å². The van der Waals surface area contributed by atoms with Crippen LogP contribution in [0.1, 0.15) is 17.3 Å². The third kappa shape index (κ3) is 12.2. The number of nitro groups is 1. The molecular formula is C39H33Cs2N3O7. The summed E-state index contributed by atoms with van der Waals surface area (Å²) in [4.78, 5) is 31.8. The van der Waals surface area contributed by atoms with Crippen LogP contribution in [-0.2, 0) is 23.8 Å². The number of nitrogens with zero attached hydrogens (tertiary/aromatic N) is 3. The van der Waals surface area contributed by atoms with E-state index < -0.39 is 4.92 Å². The van der Waals surface area contributed by atoms with Gasteiger partial charge in [-0.05, 0) is 53.4 Å². The van der Waals surface area contributed by atoms with Crippen molar-refractivity contribution in [1.29, 1.82) is 0 Å². The number of hydrogen-bond donors (Lipinski definition) is 1. The molecule has 0 fully saturated rings. The van der Waals surface area contributed by atoms with Gasteiger partial charge in [-0.2, -0.15) is 0 Å². The van der Waals surface area contributed by atoms with E-state index in [4.69, 9.17) is 20.2 Å². The minimum Gasteiger partial charge on any atom is -1.00 e. The normalized spacial score (nSPS) is 9.49. The molecule has 248 valence electrons. The van der Waals surface area contributed by atoms with Gasteiger partial charge in [0.2, 0.25) is 5.78 Å². The first-order valence-electron chi connectivity index (χ1n) is 14.9. The standard InChI is InChI=1S/C19H15NO.C18H13NO.CH3NO2.CH2O3.2Cs.H/c1-20-16-10-6-5-9-15(16)19-17(20)11-14(12-18(19)21)13-7-3-2-4-8-13;1-19-13-16(15-9-5-6-10-17(15)19)18(20)12-11-14-7-3-2-4-8-14;1-2(3)4;2-1-4-3;;;/h2-12,21H,1H3;2-10,13H,1H3;1H3;1,3H;;;/q;;;;2*+1;-1/p-1. The van der Waals surface area contributed by atoms with Gasteiger partial charge in [0.05, 0.1) is 11.1 Å². The van der Waals surface area contributed by atoms with Crippen LogP contribution in [0, 0.1) is 22.0 Å². The predicted octanol–water partition coefficient (Wildman–Crippen LogP) is 0.565. The van der Waals surface area contributed by atoms with E-state index >= 15 is 0 Å². The topological polar surface area (TPSA) is 140 Å². The van der Waals surface area contributed by atoms with Gasteiger partial charge in [-0.1, -0.05) is 90.8 Å². The van der Waals surface area contributed by atoms with Crippen molar-refractivity contribution in [3.63, 3.8) is 0 Å². The summed E-state index contributed by atoms with van der Waals surface area (Å²) >= 11 is 0. The van der Waals surface area contributed by atoms with Crippen molar-refractivity contribution in [3.05, 3.63) is 149 Å². The monoisotopic (exact) mass is 921 g/mol. The predicted molar refractivity (Wildman–Crippen MR) is 189 cm³/mol. The van der Waals surface area contributed by atoms with Crippen molar-refractivity contribution in [3.8, 4) is 28.7 Å². The zero-order valence-corrected chi connectivity index (χ0v) is 41.5. The Morgan fingerprint density at radius 1 is 0.804 bits per heavy atom. The van der Waals surface area contributed by atoms with Crippen molar-refractivity contribution in [2.45, 2.75) is 0 Å². The number of benzene rings is 5. The zero-order valence-electron chi connectivity index (χ0n) is 29.9. The van der Waals surface area contributed by atoms with Crippen molar-refractivity contribution in [1.82, 2.24) is 9.13 Å². The third-order valence-electron chi connectivity index (χ3n) is 7.37. The number of carbonyl (C=O) groups is 2. The van der Waals surface area contributed by atoms with Gasteiger partial charge in [0.1, 0.15) is 5.75 Å². The van der Waals surface area contributed by atoms with Crippen molar-refractivity contribution in [2.24, 2.45) is 14.1 Å². The second kappa shape index (κ2) is 22.5. The fourth-order valence-electron chi connectivity index (χ4n) is 5.30. The van der Waals surface area contributed by atoms with Gasteiger partial charge in [0.15, 0.2) is 7.05 Å². The van der Waals surface area contributed by atoms with Crippen LogP contribution in [0.15, 0.2) is 128 Å². The molecule has 0 bridgehead atoms. The average molecular weight is 922 g/mol. The van der Waals surface area contributed by atoms with Crippen molar-refractivity contribution >= 4 is 45.0 Å². The number of carbonyl (C=O) groups excluding carboxylic acids is 2. The molecule has 7 rings (SSSR count). The number of aromatic nitrogens is 2. The Kier molecular flexibility index (Phi) is 19.6. The van der Waals surface area contributed by atoms with Crippen LogP contribution >= 0.6 is 0 Å². The number of hydrogen-bond acceptors (Lipinski definition) is 7. The molecule has 0 radical (unpaired) electrons. The minimum absolute atomic E-state index is 0. The molecule has 51 heavy (non-hydrogen) atoms. The Bertz CT molecular complexity index is 2300. The summed E-state index contributed by atoms with van der Waals surface area (Å²) in [6, 6.07) is 39.7. The van der Waals surface area contributed by atoms with Crippen LogP contribution < -0.4 is 143 Å². The van der Waals surface area contributed by atoms with E-state index in [2.05, 4.69) is 51.6 Å². The number of para-hydroxylation sites is 2. The fraction of sp³-hybridized carbons (Fsp3) is 0.0769. The molecule has 0 amide bonds. The SMILES string of the molecule is C[N+](=O)[O-].Cn1c2ccccc2c2c(O)cc(-c3ccccc3)cc21.Cn1cc(C(=O)C#Cc2ccccc2)c2ccccc21.O=CO[O-].[Cs+].[Cs+].[H-]. The maximum Gasteiger partial charge on any atom is 1.00 e. The quantitative estimate of drug-likeness (QED) is 0.0684. The molecule has 0 saturated heterocycles.